The van der Waals surface area contributed by atoms with Gasteiger partial charge in [0.2, 0.25) is 10.0 Å². The van der Waals surface area contributed by atoms with Gasteiger partial charge in [0.25, 0.3) is 5.91 Å². The first kappa shape index (κ1) is 26.1. The van der Waals surface area contributed by atoms with Crippen LogP contribution >= 0.6 is 0 Å². The van der Waals surface area contributed by atoms with Crippen LogP contribution in [0.2, 0.25) is 0 Å². The van der Waals surface area contributed by atoms with Gasteiger partial charge in [-0.2, -0.15) is 0 Å². The van der Waals surface area contributed by atoms with Gasteiger partial charge in [-0.1, -0.05) is 24.3 Å². The predicted molar refractivity (Wildman–Crippen MR) is 148 cm³/mol. The Morgan fingerprint density at radius 1 is 0.921 bits per heavy atom. The van der Waals surface area contributed by atoms with Crippen molar-refractivity contribution in [3.05, 3.63) is 77.4 Å². The minimum atomic E-state index is -3.90. The van der Waals surface area contributed by atoms with Crippen LogP contribution in [0.1, 0.15) is 53.2 Å². The number of nitrogens with zero attached hydrogens (tertiary/aromatic N) is 1. The number of amides is 1. The van der Waals surface area contributed by atoms with Crippen molar-refractivity contribution in [3.63, 3.8) is 0 Å². The van der Waals surface area contributed by atoms with Crippen molar-refractivity contribution in [2.45, 2.75) is 43.0 Å². The summed E-state index contributed by atoms with van der Waals surface area (Å²) in [7, 11) is -0.865. The number of sulfonamides is 1. The van der Waals surface area contributed by atoms with E-state index in [9.17, 15) is 13.2 Å². The molecule has 1 unspecified atom stereocenters. The summed E-state index contributed by atoms with van der Waals surface area (Å²) in [4.78, 5) is 15.4. The van der Waals surface area contributed by atoms with Gasteiger partial charge >= 0.3 is 0 Å². The largest absolute Gasteiger partial charge is 0.497 e. The van der Waals surface area contributed by atoms with Gasteiger partial charge in [-0.3, -0.25) is 4.79 Å². The van der Waals surface area contributed by atoms with Gasteiger partial charge in [-0.15, -0.1) is 0 Å². The molecule has 1 heterocycles. The first-order chi connectivity index (χ1) is 18.4. The quantitative estimate of drug-likeness (QED) is 0.425. The van der Waals surface area contributed by atoms with Crippen molar-refractivity contribution in [2.75, 3.05) is 37.5 Å². The maximum Gasteiger partial charge on any atom is 0.255 e. The van der Waals surface area contributed by atoms with E-state index in [-0.39, 0.29) is 10.9 Å². The number of hydrogen-bond donors (Lipinski definition) is 2. The molecule has 38 heavy (non-hydrogen) atoms. The van der Waals surface area contributed by atoms with Crippen LogP contribution in [0, 0.1) is 0 Å². The summed E-state index contributed by atoms with van der Waals surface area (Å²) in [6, 6.07) is 17.7. The Morgan fingerprint density at radius 2 is 1.63 bits per heavy atom. The van der Waals surface area contributed by atoms with Gasteiger partial charge in [0.05, 0.1) is 19.9 Å². The fourth-order valence-corrected chi connectivity index (χ4v) is 6.80. The molecule has 0 radical (unpaired) electrons. The minimum absolute atomic E-state index is 0.170. The van der Waals surface area contributed by atoms with E-state index in [1.54, 1.807) is 36.4 Å². The lowest BCUT2D eigenvalue weighted by molar-refractivity contribution is 0.102. The highest BCUT2D eigenvalue weighted by Crippen LogP contribution is 2.35. The number of fused-ring (bicyclic) bond motifs is 1. The molecular formula is C29H33N3O5S. The van der Waals surface area contributed by atoms with Crippen molar-refractivity contribution in [1.29, 1.82) is 0 Å². The van der Waals surface area contributed by atoms with Crippen molar-refractivity contribution in [3.8, 4) is 11.5 Å². The molecular weight excluding hydrogens is 502 g/mol. The molecule has 1 saturated heterocycles. The Balaban J connectivity index is 1.47. The highest BCUT2D eigenvalue weighted by molar-refractivity contribution is 7.89. The molecule has 2 N–H and O–H groups in total. The van der Waals surface area contributed by atoms with E-state index in [4.69, 9.17) is 9.47 Å². The van der Waals surface area contributed by atoms with E-state index in [0.29, 0.717) is 28.4 Å². The van der Waals surface area contributed by atoms with Crippen LogP contribution < -0.4 is 24.4 Å². The van der Waals surface area contributed by atoms with Gasteiger partial charge < -0.3 is 19.7 Å². The van der Waals surface area contributed by atoms with Crippen molar-refractivity contribution in [2.24, 2.45) is 0 Å². The Morgan fingerprint density at radius 3 is 2.34 bits per heavy atom. The molecule has 200 valence electrons. The number of hydrogen-bond acceptors (Lipinski definition) is 6. The Bertz CT molecular complexity index is 1410. The van der Waals surface area contributed by atoms with Crippen LogP contribution in [0.25, 0.3) is 0 Å². The van der Waals surface area contributed by atoms with Gasteiger partial charge in [0, 0.05) is 36.4 Å². The van der Waals surface area contributed by atoms with E-state index in [0.717, 1.165) is 50.8 Å². The number of nitrogens with one attached hydrogen (secondary N) is 2. The van der Waals surface area contributed by atoms with Crippen LogP contribution in [-0.2, 0) is 16.4 Å². The lowest BCUT2D eigenvalue weighted by Gasteiger charge is -2.28. The highest BCUT2D eigenvalue weighted by atomic mass is 32.2. The average molecular weight is 536 g/mol. The number of rotatable bonds is 8. The zero-order valence-corrected chi connectivity index (χ0v) is 22.5. The summed E-state index contributed by atoms with van der Waals surface area (Å²) in [6.45, 7) is 1.59. The molecule has 3 aromatic rings. The molecule has 0 aromatic heterocycles. The smallest absolute Gasteiger partial charge is 0.255 e. The van der Waals surface area contributed by atoms with Gasteiger partial charge in [-0.25, -0.2) is 13.1 Å². The summed E-state index contributed by atoms with van der Waals surface area (Å²) in [5, 5.41) is 2.85. The summed E-state index contributed by atoms with van der Waals surface area (Å²) in [6.07, 6.45) is 4.63. The number of aryl methyl sites for hydroxylation is 1. The van der Waals surface area contributed by atoms with Crippen LogP contribution in [0.3, 0.4) is 0 Å². The molecule has 1 amide bonds. The number of ether oxygens (including phenoxy) is 2. The van der Waals surface area contributed by atoms with Gasteiger partial charge in [0.15, 0.2) is 0 Å². The first-order valence-electron chi connectivity index (χ1n) is 12.9. The molecule has 1 aliphatic carbocycles. The van der Waals surface area contributed by atoms with Crippen LogP contribution in [0.15, 0.2) is 65.6 Å². The Hall–Kier alpha value is -3.56. The Labute approximate surface area is 224 Å². The van der Waals surface area contributed by atoms with Crippen molar-refractivity contribution >= 4 is 27.3 Å². The SMILES string of the molecule is COc1cc(OC)cc(C(=O)Nc2ccc(N3CCCC3)c(S(=O)(=O)NC3CCCc4ccccc43)c2)c1. The minimum Gasteiger partial charge on any atom is -0.497 e. The number of carbonyl (C=O) groups excluding carboxylic acids is 1. The van der Waals surface area contributed by atoms with Crippen LogP contribution in [-0.4, -0.2) is 41.6 Å². The number of benzene rings is 3. The van der Waals surface area contributed by atoms with E-state index in [1.165, 1.54) is 19.8 Å². The third-order valence-electron chi connectivity index (χ3n) is 7.23. The summed E-state index contributed by atoms with van der Waals surface area (Å²) in [5.41, 5.74) is 3.60. The van der Waals surface area contributed by atoms with E-state index < -0.39 is 15.9 Å². The third kappa shape index (κ3) is 5.49. The van der Waals surface area contributed by atoms with Gasteiger partial charge in [0.1, 0.15) is 16.4 Å². The van der Waals surface area contributed by atoms with E-state index >= 15 is 0 Å². The third-order valence-corrected chi connectivity index (χ3v) is 8.74. The second-order valence-corrected chi connectivity index (χ2v) is 11.4. The lowest BCUT2D eigenvalue weighted by atomic mass is 9.88. The fourth-order valence-electron chi connectivity index (χ4n) is 5.30. The lowest BCUT2D eigenvalue weighted by Crippen LogP contribution is -2.32. The standard InChI is InChI=1S/C29H33N3O5S/c1-36-23-16-21(17-24(19-23)37-2)29(33)30-22-12-13-27(32-14-5-6-15-32)28(18-22)38(34,35)31-26-11-7-9-20-8-3-4-10-25(20)26/h3-4,8,10,12-13,16-19,26,31H,5-7,9,11,14-15H2,1-2H3,(H,30,33). The topological polar surface area (TPSA) is 97.0 Å². The molecule has 1 atom stereocenters. The molecule has 8 nitrogen and oxygen atoms in total. The second-order valence-electron chi connectivity index (χ2n) is 9.70. The van der Waals surface area contributed by atoms with E-state index in [2.05, 4.69) is 21.0 Å². The van der Waals surface area contributed by atoms with Crippen molar-refractivity contribution in [1.82, 2.24) is 4.72 Å². The molecule has 1 aliphatic heterocycles. The maximum absolute atomic E-state index is 13.9. The predicted octanol–water partition coefficient (Wildman–Crippen LogP) is 4.91. The molecule has 0 bridgehead atoms. The molecule has 1 fully saturated rings. The van der Waals surface area contributed by atoms with E-state index in [1.807, 2.05) is 18.2 Å². The molecule has 9 heteroatoms. The van der Waals surface area contributed by atoms with Crippen molar-refractivity contribution < 1.29 is 22.7 Å². The van der Waals surface area contributed by atoms with Crippen LogP contribution in [0.5, 0.6) is 11.5 Å². The fraction of sp³-hybridized carbons (Fsp3) is 0.345. The van der Waals surface area contributed by atoms with Gasteiger partial charge in [-0.05, 0) is 73.6 Å². The maximum atomic E-state index is 13.9. The second kappa shape index (κ2) is 11.0. The zero-order valence-electron chi connectivity index (χ0n) is 21.7. The highest BCUT2D eigenvalue weighted by Gasteiger charge is 2.29. The summed E-state index contributed by atoms with van der Waals surface area (Å²) < 4.78 is 41.3. The first-order valence-corrected chi connectivity index (χ1v) is 14.4. The monoisotopic (exact) mass is 535 g/mol. The molecule has 2 aliphatic rings. The normalized spacial score (nSPS) is 17.1. The number of anilines is 2. The average Bonchev–Trinajstić information content (AvgIpc) is 3.48. The number of methoxy groups -OCH3 is 2. The van der Waals surface area contributed by atoms with Crippen LogP contribution in [0.4, 0.5) is 11.4 Å². The zero-order chi connectivity index (χ0) is 26.7. The summed E-state index contributed by atoms with van der Waals surface area (Å²) >= 11 is 0. The molecule has 5 rings (SSSR count). The Kier molecular flexibility index (Phi) is 7.58. The number of carbonyl (C=O) groups is 1. The molecule has 0 spiro atoms. The molecule has 0 saturated carbocycles. The summed E-state index contributed by atoms with van der Waals surface area (Å²) in [5.74, 6) is 0.576. The molecule has 3 aromatic carbocycles.